The number of aliphatic carboxylic acids is 1. The van der Waals surface area contributed by atoms with Crippen LogP contribution in [0.3, 0.4) is 0 Å². The molecule has 0 spiro atoms. The fraction of sp³-hybridized carbons (Fsp3) is 0.354. The first-order chi connectivity index (χ1) is 44.7. The summed E-state index contributed by atoms with van der Waals surface area (Å²) in [5, 5.41) is 56.2. The number of carboxylic acids is 1. The Morgan fingerprint density at radius 2 is 1.04 bits per heavy atom. The van der Waals surface area contributed by atoms with Gasteiger partial charge in [-0.3, -0.25) is 38.4 Å². The van der Waals surface area contributed by atoms with Gasteiger partial charge in [0.05, 0.1) is 6.10 Å². The van der Waals surface area contributed by atoms with Crippen LogP contribution in [0.25, 0.3) is 10.9 Å². The largest absolute Gasteiger partial charge is 0.508 e. The van der Waals surface area contributed by atoms with Crippen molar-refractivity contribution in [3.63, 3.8) is 0 Å². The first kappa shape index (κ1) is 71.0. The molecule has 0 bridgehead atoms. The Morgan fingerprint density at radius 3 is 1.60 bits per heavy atom. The minimum atomic E-state index is -1.77. The normalized spacial score (nSPS) is 21.7. The van der Waals surface area contributed by atoms with Crippen LogP contribution in [-0.4, -0.2) is 158 Å². The van der Waals surface area contributed by atoms with E-state index >= 15 is 19.2 Å². The van der Waals surface area contributed by atoms with E-state index in [1.165, 1.54) is 31.2 Å². The Hall–Kier alpha value is -9.48. The highest BCUT2D eigenvalue weighted by Gasteiger charge is 2.37. The molecule has 0 unspecified atom stereocenters. The number of phenols is 1. The Kier molecular flexibility index (Phi) is 27.0. The number of urea groups is 1. The number of carbonyl (C=O) groups excluding carboxylic acids is 9. The molecule has 1 aliphatic heterocycles. The molecule has 0 saturated carbocycles. The first-order valence-corrected chi connectivity index (χ1v) is 32.7. The summed E-state index contributed by atoms with van der Waals surface area (Å²) in [7, 11) is 1.77. The average molecular weight is 1310 g/mol. The van der Waals surface area contributed by atoms with E-state index in [4.69, 9.17) is 17.2 Å². The van der Waals surface area contributed by atoms with Crippen molar-refractivity contribution < 1.29 is 63.3 Å². The van der Waals surface area contributed by atoms with Crippen LogP contribution in [0.4, 0.5) is 4.79 Å². The van der Waals surface area contributed by atoms with Gasteiger partial charge >= 0.3 is 12.0 Å². The van der Waals surface area contributed by atoms with Gasteiger partial charge in [-0.15, -0.1) is 0 Å². The predicted octanol–water partition coefficient (Wildman–Crippen LogP) is 0.750. The molecule has 1 saturated heterocycles. The number of hydrogen-bond acceptors (Lipinski definition) is 16. The molecule has 494 valence electrons. The summed E-state index contributed by atoms with van der Waals surface area (Å²) in [6.45, 7) is 1.62. The van der Waals surface area contributed by atoms with Crippen molar-refractivity contribution in [3.8, 4) is 5.75 Å². The minimum Gasteiger partial charge on any atom is -0.508 e. The summed E-state index contributed by atoms with van der Waals surface area (Å²) in [5.41, 5.74) is 21.5. The molecule has 10 atom stereocenters. The van der Waals surface area contributed by atoms with Crippen molar-refractivity contribution in [2.45, 2.75) is 125 Å². The number of hydrogen-bond donors (Lipinski definition) is 16. The van der Waals surface area contributed by atoms with E-state index in [1.54, 1.807) is 103 Å². The number of nitrogens with two attached hydrogens (primary N) is 3. The summed E-state index contributed by atoms with van der Waals surface area (Å²) < 4.78 is 0. The molecular formula is C65H79N13O13S2. The molecular weight excluding hydrogens is 1230 g/mol. The molecule has 1 aromatic heterocycles. The molecule has 1 aliphatic rings. The molecule has 7 rings (SSSR count). The number of phenolic OH excluding ortho intramolecular Hbond substituents is 1. The molecule has 0 aliphatic carbocycles. The molecule has 26 nitrogen and oxygen atoms in total. The lowest BCUT2D eigenvalue weighted by atomic mass is 9.99. The van der Waals surface area contributed by atoms with Crippen LogP contribution in [0.15, 0.2) is 140 Å². The Labute approximate surface area is 544 Å². The highest BCUT2D eigenvalue weighted by Crippen LogP contribution is 2.25. The van der Waals surface area contributed by atoms with Crippen molar-refractivity contribution in [2.75, 3.05) is 18.1 Å². The number of aromatic nitrogens is 1. The van der Waals surface area contributed by atoms with Gasteiger partial charge < -0.3 is 85.4 Å². The quantitative estimate of drug-likeness (QED) is 0.0370. The summed E-state index contributed by atoms with van der Waals surface area (Å²) in [5.74, 6) is -9.76. The van der Waals surface area contributed by atoms with Crippen LogP contribution in [-0.2, 0) is 81.8 Å². The topological polar surface area (TPSA) is 434 Å². The van der Waals surface area contributed by atoms with E-state index in [1.807, 2.05) is 12.1 Å². The zero-order valence-electron chi connectivity index (χ0n) is 51.0. The Morgan fingerprint density at radius 1 is 0.559 bits per heavy atom. The molecule has 2 heterocycles. The van der Waals surface area contributed by atoms with Gasteiger partial charge in [0.1, 0.15) is 60.1 Å². The standard InChI is InChI=1S/C65H79N13O13S2/c1-37(79)55-63(88)74-50(29-39-14-6-3-7-15-39)59(84)76-54(64(89)90)36-93-92-35-53(75-60(85)51(77-65(68)91)31-41-23-25-44(80)26-24-41)62(87)72-48(28-38-12-4-2-5-13-38)57(82)71-49(30-40-19-21-42(33-67)22-20-40)58(83)73-52(32-43-34-69-46-17-9-8-16-45(43)46)61(86)70-47(56(81)78-55)18-10-11-27-66/h2-9,12-17,19-26,34,37,47-55,69,79-80H,10-11,18,27-33,35-36,66-67H2,1H3,(H,70,86)(H,71,82)(H,72,87)(H,73,83)(H,74,88)(H,75,85)(H,76,84)(H,78,81)(H,89,90)(H3,68,77,91)/t37-,47+,48+,49+,50+,51+,52+,53+,54+,55+/m1/s1. The zero-order valence-corrected chi connectivity index (χ0v) is 52.6. The number of fused-ring (bicyclic) bond motifs is 1. The number of unbranched alkanes of at least 4 members (excludes halogenated alkanes) is 1. The van der Waals surface area contributed by atoms with Gasteiger partial charge in [-0.1, -0.05) is 137 Å². The van der Waals surface area contributed by atoms with Crippen LogP contribution in [0.2, 0.25) is 0 Å². The number of aliphatic hydroxyl groups is 1. The Balaban J connectivity index is 1.32. The third kappa shape index (κ3) is 21.8. The second-order valence-corrected chi connectivity index (χ2v) is 25.0. The van der Waals surface area contributed by atoms with Crippen LogP contribution in [0, 0.1) is 0 Å². The summed E-state index contributed by atoms with van der Waals surface area (Å²) in [4.78, 5) is 147. The molecule has 1 fully saturated rings. The molecule has 5 aromatic carbocycles. The van der Waals surface area contributed by atoms with Gasteiger partial charge in [0.15, 0.2) is 0 Å². The number of primary amides is 1. The van der Waals surface area contributed by atoms with Gasteiger partial charge in [0, 0.05) is 67.3 Å². The van der Waals surface area contributed by atoms with E-state index < -0.39 is 120 Å². The number of rotatable bonds is 20. The van der Waals surface area contributed by atoms with Crippen LogP contribution >= 0.6 is 21.6 Å². The number of amides is 10. The summed E-state index contributed by atoms with van der Waals surface area (Å²) in [6, 6.07) is 21.8. The molecule has 10 amide bonds. The van der Waals surface area contributed by atoms with Crippen molar-refractivity contribution in [1.82, 2.24) is 52.8 Å². The molecule has 93 heavy (non-hydrogen) atoms. The Bertz CT molecular complexity index is 3530. The maximum atomic E-state index is 15.3. The van der Waals surface area contributed by atoms with Gasteiger partial charge in [0.25, 0.3) is 0 Å². The van der Waals surface area contributed by atoms with E-state index in [0.29, 0.717) is 45.1 Å². The average Bonchev–Trinajstić information content (AvgIpc) is 1.86. The lowest BCUT2D eigenvalue weighted by Gasteiger charge is -2.29. The maximum absolute atomic E-state index is 15.3. The van der Waals surface area contributed by atoms with E-state index in [0.717, 1.165) is 27.2 Å². The van der Waals surface area contributed by atoms with Crippen molar-refractivity contribution in [1.29, 1.82) is 0 Å². The highest BCUT2D eigenvalue weighted by molar-refractivity contribution is 8.76. The fourth-order valence-electron chi connectivity index (χ4n) is 10.3. The van der Waals surface area contributed by atoms with Crippen LogP contribution in [0.5, 0.6) is 5.75 Å². The molecule has 0 radical (unpaired) electrons. The van der Waals surface area contributed by atoms with E-state index in [-0.39, 0.29) is 75.3 Å². The summed E-state index contributed by atoms with van der Waals surface area (Å²) >= 11 is 0. The van der Waals surface area contributed by atoms with E-state index in [2.05, 4.69) is 52.8 Å². The zero-order chi connectivity index (χ0) is 67.0. The van der Waals surface area contributed by atoms with Crippen molar-refractivity contribution >= 4 is 91.7 Å². The number of aromatic amines is 1. The highest BCUT2D eigenvalue weighted by atomic mass is 33.1. The minimum absolute atomic E-state index is 0.0518. The van der Waals surface area contributed by atoms with E-state index in [9.17, 15) is 44.1 Å². The second kappa shape index (κ2) is 35.4. The van der Waals surface area contributed by atoms with Crippen LogP contribution in [0.1, 0.15) is 59.6 Å². The number of H-pyrrole nitrogens is 1. The third-order valence-corrected chi connectivity index (χ3v) is 17.8. The monoisotopic (exact) mass is 1310 g/mol. The second-order valence-electron chi connectivity index (χ2n) is 22.4. The fourth-order valence-corrected chi connectivity index (χ4v) is 12.6. The van der Waals surface area contributed by atoms with Crippen LogP contribution < -0.4 is 65.1 Å². The number of carbonyl (C=O) groups is 10. The van der Waals surface area contributed by atoms with Gasteiger partial charge in [-0.2, -0.15) is 0 Å². The van der Waals surface area contributed by atoms with Crippen molar-refractivity contribution in [3.05, 3.63) is 173 Å². The third-order valence-electron chi connectivity index (χ3n) is 15.3. The summed E-state index contributed by atoms with van der Waals surface area (Å²) in [6.07, 6.45) is -0.273. The predicted molar refractivity (Wildman–Crippen MR) is 351 cm³/mol. The molecule has 19 N–H and O–H groups in total. The van der Waals surface area contributed by atoms with Crippen molar-refractivity contribution in [2.24, 2.45) is 17.2 Å². The number of carboxylic acid groups (broad SMARTS) is 1. The number of aromatic hydroxyl groups is 1. The molecule has 6 aromatic rings. The lowest BCUT2D eigenvalue weighted by Crippen LogP contribution is -2.62. The number of aliphatic hydroxyl groups excluding tert-OH is 1. The number of para-hydroxylation sites is 1. The SMILES string of the molecule is C[C@@H](O)[C@@H]1NC(=O)[C@H](CCCCN)NC(=O)[C@H](Cc2c[nH]c3ccccc23)NC(=O)[C@H](Cc2ccc(CN)cc2)NC(=O)[C@H](Cc2ccccc2)NC(=O)[C@@H](NC(=O)[C@H](Cc2ccc(O)cc2)NC(N)=O)CSSC[C@@H](C(=O)O)NC(=O)[C@H](Cc2ccccc2)NC1=O. The first-order valence-electron chi connectivity index (χ1n) is 30.2. The number of benzene rings is 5. The van der Waals surface area contributed by atoms with Gasteiger partial charge in [-0.25, -0.2) is 9.59 Å². The maximum Gasteiger partial charge on any atom is 0.327 e. The van der Waals surface area contributed by atoms with Gasteiger partial charge in [0.2, 0.25) is 47.3 Å². The number of nitrogens with one attached hydrogen (secondary N) is 10. The smallest absolute Gasteiger partial charge is 0.327 e. The lowest BCUT2D eigenvalue weighted by molar-refractivity contribution is -0.141. The van der Waals surface area contributed by atoms with Gasteiger partial charge in [-0.05, 0) is 84.3 Å². The molecule has 28 heteroatoms.